The molecule has 0 radical (unpaired) electrons. The summed E-state index contributed by atoms with van der Waals surface area (Å²) in [5.74, 6) is 0.589. The smallest absolute Gasteiger partial charge is 0.248 e. The largest absolute Gasteiger partial charge is 0.397 e. The van der Waals surface area contributed by atoms with E-state index in [-0.39, 0.29) is 5.91 Å². The number of nitrogen functional groups attached to an aromatic ring is 1. The molecule has 5 nitrogen and oxygen atoms in total. The number of benzene rings is 1. The van der Waals surface area contributed by atoms with Gasteiger partial charge in [0.25, 0.3) is 0 Å². The number of aryl methyl sites for hydroxylation is 2. The summed E-state index contributed by atoms with van der Waals surface area (Å²) >= 11 is 0. The van der Waals surface area contributed by atoms with Crippen LogP contribution in [0, 0.1) is 6.92 Å². The predicted octanol–water partition coefficient (Wildman–Crippen LogP) is 3.25. The SMILES string of the molecule is CCc1cc(NC(=O)/C=C/c2cccnc2N(C)C)c(N)cc1C. The maximum atomic E-state index is 12.2. The molecule has 24 heavy (non-hydrogen) atoms. The monoisotopic (exact) mass is 324 g/mol. The van der Waals surface area contributed by atoms with Crippen molar-refractivity contribution in [3.8, 4) is 0 Å². The Morgan fingerprint density at radius 2 is 2.12 bits per heavy atom. The lowest BCUT2D eigenvalue weighted by atomic mass is 10.0. The van der Waals surface area contributed by atoms with Gasteiger partial charge in [-0.2, -0.15) is 0 Å². The molecule has 1 aromatic heterocycles. The van der Waals surface area contributed by atoms with Crippen LogP contribution < -0.4 is 16.0 Å². The molecule has 0 aliphatic heterocycles. The fourth-order valence-electron chi connectivity index (χ4n) is 2.52. The molecule has 0 unspecified atom stereocenters. The molecule has 0 aliphatic carbocycles. The molecule has 2 aromatic rings. The molecule has 0 bridgehead atoms. The van der Waals surface area contributed by atoms with E-state index in [4.69, 9.17) is 5.73 Å². The van der Waals surface area contributed by atoms with Crippen molar-refractivity contribution in [3.63, 3.8) is 0 Å². The van der Waals surface area contributed by atoms with Crippen molar-refractivity contribution in [1.29, 1.82) is 0 Å². The second-order valence-electron chi connectivity index (χ2n) is 5.85. The summed E-state index contributed by atoms with van der Waals surface area (Å²) in [5.41, 5.74) is 10.4. The molecule has 1 amide bonds. The van der Waals surface area contributed by atoms with Gasteiger partial charge in [0.1, 0.15) is 5.82 Å². The summed E-state index contributed by atoms with van der Waals surface area (Å²) in [7, 11) is 3.83. The first-order valence-corrected chi connectivity index (χ1v) is 7.92. The Hall–Kier alpha value is -2.82. The summed E-state index contributed by atoms with van der Waals surface area (Å²) in [6.45, 7) is 4.10. The van der Waals surface area contributed by atoms with Crippen molar-refractivity contribution >= 4 is 29.2 Å². The third-order valence-electron chi connectivity index (χ3n) is 3.80. The minimum absolute atomic E-state index is 0.221. The van der Waals surface area contributed by atoms with E-state index in [1.165, 1.54) is 11.6 Å². The van der Waals surface area contributed by atoms with E-state index in [0.717, 1.165) is 23.4 Å². The zero-order chi connectivity index (χ0) is 17.7. The molecule has 0 spiro atoms. The number of hydrogen-bond acceptors (Lipinski definition) is 4. The Morgan fingerprint density at radius 3 is 2.79 bits per heavy atom. The molecule has 0 atom stereocenters. The molecule has 0 aliphatic rings. The number of rotatable bonds is 5. The van der Waals surface area contributed by atoms with Crippen LogP contribution in [0.5, 0.6) is 0 Å². The highest BCUT2D eigenvalue weighted by Crippen LogP contribution is 2.24. The fraction of sp³-hybridized carbons (Fsp3) is 0.263. The van der Waals surface area contributed by atoms with E-state index >= 15 is 0 Å². The zero-order valence-corrected chi connectivity index (χ0v) is 14.6. The average molecular weight is 324 g/mol. The lowest BCUT2D eigenvalue weighted by Crippen LogP contribution is -2.12. The van der Waals surface area contributed by atoms with Crippen molar-refractivity contribution in [1.82, 2.24) is 4.98 Å². The van der Waals surface area contributed by atoms with Crippen LogP contribution in [-0.4, -0.2) is 25.0 Å². The van der Waals surface area contributed by atoms with Crippen LogP contribution in [0.2, 0.25) is 0 Å². The van der Waals surface area contributed by atoms with Gasteiger partial charge in [-0.15, -0.1) is 0 Å². The highest BCUT2D eigenvalue weighted by Gasteiger charge is 2.07. The van der Waals surface area contributed by atoms with Crippen LogP contribution >= 0.6 is 0 Å². The molecule has 0 fully saturated rings. The number of carbonyl (C=O) groups excluding carboxylic acids is 1. The predicted molar refractivity (Wildman–Crippen MR) is 101 cm³/mol. The van der Waals surface area contributed by atoms with Crippen molar-refractivity contribution in [2.75, 3.05) is 30.0 Å². The molecule has 1 heterocycles. The van der Waals surface area contributed by atoms with E-state index in [9.17, 15) is 4.79 Å². The molecule has 0 saturated carbocycles. The van der Waals surface area contributed by atoms with Gasteiger partial charge in [-0.25, -0.2) is 4.98 Å². The van der Waals surface area contributed by atoms with E-state index in [0.29, 0.717) is 11.4 Å². The minimum Gasteiger partial charge on any atom is -0.397 e. The van der Waals surface area contributed by atoms with Crippen molar-refractivity contribution < 1.29 is 4.79 Å². The van der Waals surface area contributed by atoms with Crippen molar-refractivity contribution in [3.05, 3.63) is 53.2 Å². The maximum absolute atomic E-state index is 12.2. The summed E-state index contributed by atoms with van der Waals surface area (Å²) < 4.78 is 0. The fourth-order valence-corrected chi connectivity index (χ4v) is 2.52. The Labute approximate surface area is 143 Å². The molecule has 126 valence electrons. The van der Waals surface area contributed by atoms with Gasteiger partial charge in [0.2, 0.25) is 5.91 Å². The molecule has 2 rings (SSSR count). The Bertz CT molecular complexity index is 766. The Morgan fingerprint density at radius 1 is 1.38 bits per heavy atom. The normalized spacial score (nSPS) is 10.8. The van der Waals surface area contributed by atoms with Gasteiger partial charge >= 0.3 is 0 Å². The van der Waals surface area contributed by atoms with Gasteiger partial charge in [0.15, 0.2) is 0 Å². The summed E-state index contributed by atoms with van der Waals surface area (Å²) in [6.07, 6.45) is 5.87. The first-order valence-electron chi connectivity index (χ1n) is 7.92. The Balaban J connectivity index is 2.17. The third kappa shape index (κ3) is 4.13. The van der Waals surface area contributed by atoms with E-state index in [1.807, 2.05) is 50.2 Å². The molecule has 1 aromatic carbocycles. The van der Waals surface area contributed by atoms with Crippen LogP contribution in [-0.2, 0) is 11.2 Å². The second-order valence-corrected chi connectivity index (χ2v) is 5.85. The lowest BCUT2D eigenvalue weighted by Gasteiger charge is -2.13. The number of aromatic nitrogens is 1. The van der Waals surface area contributed by atoms with Gasteiger partial charge in [-0.1, -0.05) is 6.92 Å². The highest BCUT2D eigenvalue weighted by atomic mass is 16.1. The first-order chi connectivity index (χ1) is 11.4. The molecular formula is C19H24N4O. The van der Waals surface area contributed by atoms with E-state index < -0.39 is 0 Å². The topological polar surface area (TPSA) is 71.2 Å². The number of nitrogens with zero attached hydrogens (tertiary/aromatic N) is 2. The van der Waals surface area contributed by atoms with E-state index in [1.54, 1.807) is 12.3 Å². The average Bonchev–Trinajstić information content (AvgIpc) is 2.55. The standard InChI is InChI=1S/C19H24N4O/c1-5-14-12-17(16(20)11-13(14)2)22-18(24)9-8-15-7-6-10-21-19(15)23(3)4/h6-12H,5,20H2,1-4H3,(H,22,24)/b9-8+. The van der Waals surface area contributed by atoms with Crippen LogP contribution in [0.15, 0.2) is 36.5 Å². The quantitative estimate of drug-likeness (QED) is 0.654. The van der Waals surface area contributed by atoms with E-state index in [2.05, 4.69) is 17.2 Å². The number of hydrogen-bond donors (Lipinski definition) is 2. The van der Waals surface area contributed by atoms with Gasteiger partial charge in [-0.05, 0) is 54.8 Å². The van der Waals surface area contributed by atoms with Gasteiger partial charge in [0.05, 0.1) is 11.4 Å². The third-order valence-corrected chi connectivity index (χ3v) is 3.80. The van der Waals surface area contributed by atoms with Crippen LogP contribution in [0.25, 0.3) is 6.08 Å². The summed E-state index contributed by atoms with van der Waals surface area (Å²) in [6, 6.07) is 7.59. The molecule has 0 saturated heterocycles. The number of amides is 1. The van der Waals surface area contributed by atoms with Gasteiger partial charge in [0, 0.05) is 31.9 Å². The van der Waals surface area contributed by atoms with Crippen LogP contribution in [0.1, 0.15) is 23.6 Å². The van der Waals surface area contributed by atoms with Gasteiger partial charge < -0.3 is 16.0 Å². The molecular weight excluding hydrogens is 300 g/mol. The number of nitrogens with two attached hydrogens (primary N) is 1. The Kier molecular flexibility index (Phi) is 5.58. The lowest BCUT2D eigenvalue weighted by molar-refractivity contribution is -0.111. The van der Waals surface area contributed by atoms with Crippen molar-refractivity contribution in [2.24, 2.45) is 0 Å². The van der Waals surface area contributed by atoms with Crippen molar-refractivity contribution in [2.45, 2.75) is 20.3 Å². The number of pyridine rings is 1. The summed E-state index contributed by atoms with van der Waals surface area (Å²) in [5, 5.41) is 2.85. The summed E-state index contributed by atoms with van der Waals surface area (Å²) in [4.78, 5) is 18.4. The number of anilines is 3. The highest BCUT2D eigenvalue weighted by molar-refractivity contribution is 6.04. The van der Waals surface area contributed by atoms with Crippen LogP contribution in [0.3, 0.4) is 0 Å². The van der Waals surface area contributed by atoms with Gasteiger partial charge in [-0.3, -0.25) is 4.79 Å². The maximum Gasteiger partial charge on any atom is 0.248 e. The molecule has 5 heteroatoms. The number of carbonyl (C=O) groups is 1. The minimum atomic E-state index is -0.221. The molecule has 3 N–H and O–H groups in total. The zero-order valence-electron chi connectivity index (χ0n) is 14.6. The first kappa shape index (κ1) is 17.5. The van der Waals surface area contributed by atoms with Crippen LogP contribution in [0.4, 0.5) is 17.2 Å². The number of nitrogens with one attached hydrogen (secondary N) is 1. The second kappa shape index (κ2) is 7.64.